The van der Waals surface area contributed by atoms with Crippen LogP contribution < -0.4 is 5.32 Å². The number of nitrogens with one attached hydrogen (secondary N) is 1. The summed E-state index contributed by atoms with van der Waals surface area (Å²) in [6, 6.07) is 8.91. The maximum Gasteiger partial charge on any atom is 0.138 e. The molecule has 0 atom stereocenters. The van der Waals surface area contributed by atoms with E-state index < -0.39 is 0 Å². The van der Waals surface area contributed by atoms with Crippen molar-refractivity contribution in [1.29, 1.82) is 0 Å². The molecule has 1 aromatic heterocycles. The van der Waals surface area contributed by atoms with Gasteiger partial charge in [-0.15, -0.1) is 0 Å². The molecule has 17 heavy (non-hydrogen) atoms. The van der Waals surface area contributed by atoms with Gasteiger partial charge in [0.05, 0.1) is 15.8 Å². The Morgan fingerprint density at radius 1 is 1.24 bits per heavy atom. The lowest BCUT2D eigenvalue weighted by molar-refractivity contribution is 0.476. The van der Waals surface area contributed by atoms with Crippen molar-refractivity contribution >= 4 is 28.3 Å². The summed E-state index contributed by atoms with van der Waals surface area (Å²) in [5.41, 5.74) is 0.792. The molecule has 0 aliphatic carbocycles. The Morgan fingerprint density at radius 3 is 2.71 bits per heavy atom. The number of hydrogen-bond donors (Lipinski definition) is 1. The molecule has 0 fully saturated rings. The molecule has 0 saturated heterocycles. The van der Waals surface area contributed by atoms with Gasteiger partial charge in [0.25, 0.3) is 0 Å². The minimum atomic E-state index is -0.204. The zero-order valence-electron chi connectivity index (χ0n) is 9.47. The van der Waals surface area contributed by atoms with E-state index in [4.69, 9.17) is 4.42 Å². The Balaban J connectivity index is 2.04. The second kappa shape index (κ2) is 5.53. The quantitative estimate of drug-likeness (QED) is 0.841. The van der Waals surface area contributed by atoms with Crippen LogP contribution in [0.1, 0.15) is 18.4 Å². The summed E-state index contributed by atoms with van der Waals surface area (Å²) < 4.78 is 19.5. The molecular formula is C13H13FINO. The first-order valence-electron chi connectivity index (χ1n) is 5.46. The molecule has 0 unspecified atom stereocenters. The molecule has 0 bridgehead atoms. The van der Waals surface area contributed by atoms with Gasteiger partial charge in [0, 0.05) is 6.42 Å². The Bertz CT molecular complexity index is 510. The lowest BCUT2D eigenvalue weighted by atomic mass is 10.3. The van der Waals surface area contributed by atoms with Crippen LogP contribution in [0.3, 0.4) is 0 Å². The molecule has 90 valence electrons. The van der Waals surface area contributed by atoms with E-state index in [9.17, 15) is 4.39 Å². The van der Waals surface area contributed by atoms with Crippen LogP contribution in [0.5, 0.6) is 0 Å². The van der Waals surface area contributed by atoms with Crippen molar-refractivity contribution in [3.05, 3.63) is 51.2 Å². The molecule has 0 saturated carbocycles. The van der Waals surface area contributed by atoms with Gasteiger partial charge < -0.3 is 9.73 Å². The first-order valence-corrected chi connectivity index (χ1v) is 6.54. The Morgan fingerprint density at radius 2 is 2.00 bits per heavy atom. The number of furan rings is 1. The lowest BCUT2D eigenvalue weighted by Crippen LogP contribution is -2.01. The van der Waals surface area contributed by atoms with Crippen LogP contribution in [-0.2, 0) is 13.0 Å². The summed E-state index contributed by atoms with van der Waals surface area (Å²) in [6.45, 7) is 2.62. The van der Waals surface area contributed by atoms with E-state index in [0.29, 0.717) is 10.1 Å². The number of rotatable bonds is 4. The third-order valence-electron chi connectivity index (χ3n) is 2.47. The summed E-state index contributed by atoms with van der Waals surface area (Å²) in [5, 5.41) is 3.17. The molecule has 2 aromatic rings. The summed E-state index contributed by atoms with van der Waals surface area (Å²) in [5.74, 6) is 1.63. The van der Waals surface area contributed by atoms with Gasteiger partial charge in [0.15, 0.2) is 0 Å². The highest BCUT2D eigenvalue weighted by molar-refractivity contribution is 14.1. The van der Waals surface area contributed by atoms with Gasteiger partial charge in [0.2, 0.25) is 0 Å². The number of aryl methyl sites for hydroxylation is 1. The predicted octanol–water partition coefficient (Wildman–Crippen LogP) is 4.20. The minimum Gasteiger partial charge on any atom is -0.464 e. The fourth-order valence-corrected chi connectivity index (χ4v) is 2.08. The van der Waals surface area contributed by atoms with E-state index in [0.717, 1.165) is 23.6 Å². The van der Waals surface area contributed by atoms with Crippen molar-refractivity contribution in [3.63, 3.8) is 0 Å². The van der Waals surface area contributed by atoms with Gasteiger partial charge in [-0.1, -0.05) is 13.0 Å². The zero-order chi connectivity index (χ0) is 12.3. The van der Waals surface area contributed by atoms with Crippen LogP contribution >= 0.6 is 22.6 Å². The SMILES string of the molecule is CCc1ccc(CNc2cccc(F)c2I)o1. The van der Waals surface area contributed by atoms with Crippen molar-refractivity contribution in [2.75, 3.05) is 5.32 Å². The fraction of sp³-hybridized carbons (Fsp3) is 0.231. The second-order valence-corrected chi connectivity index (χ2v) is 4.76. The fourth-order valence-electron chi connectivity index (χ4n) is 1.53. The largest absolute Gasteiger partial charge is 0.464 e. The van der Waals surface area contributed by atoms with Crippen molar-refractivity contribution in [1.82, 2.24) is 0 Å². The molecule has 0 amide bonds. The molecule has 0 aliphatic heterocycles. The second-order valence-electron chi connectivity index (χ2n) is 3.68. The third kappa shape index (κ3) is 3.00. The summed E-state index contributed by atoms with van der Waals surface area (Å²) in [7, 11) is 0. The molecule has 0 spiro atoms. The standard InChI is InChI=1S/C13H13FINO/c1-2-9-6-7-10(17-9)8-16-12-5-3-4-11(14)13(12)15/h3-7,16H,2,8H2,1H3. The maximum atomic E-state index is 13.3. The van der Waals surface area contributed by atoms with Crippen LogP contribution in [0, 0.1) is 9.39 Å². The zero-order valence-corrected chi connectivity index (χ0v) is 11.6. The first-order chi connectivity index (χ1) is 8.20. The van der Waals surface area contributed by atoms with Crippen LogP contribution in [-0.4, -0.2) is 0 Å². The topological polar surface area (TPSA) is 25.2 Å². The van der Waals surface area contributed by atoms with Crippen molar-refractivity contribution in [2.45, 2.75) is 19.9 Å². The highest BCUT2D eigenvalue weighted by Crippen LogP contribution is 2.21. The maximum absolute atomic E-state index is 13.3. The van der Waals surface area contributed by atoms with Crippen molar-refractivity contribution in [2.24, 2.45) is 0 Å². The molecule has 1 heterocycles. The lowest BCUT2D eigenvalue weighted by Gasteiger charge is -2.07. The normalized spacial score (nSPS) is 10.5. The van der Waals surface area contributed by atoms with Gasteiger partial charge in [-0.25, -0.2) is 4.39 Å². The molecule has 1 N–H and O–H groups in total. The summed E-state index contributed by atoms with van der Waals surface area (Å²) in [4.78, 5) is 0. The highest BCUT2D eigenvalue weighted by Gasteiger charge is 2.05. The van der Waals surface area contributed by atoms with Crippen LogP contribution in [0.4, 0.5) is 10.1 Å². The monoisotopic (exact) mass is 345 g/mol. The third-order valence-corrected chi connectivity index (χ3v) is 3.57. The molecular weight excluding hydrogens is 332 g/mol. The van der Waals surface area contributed by atoms with Gasteiger partial charge in [-0.05, 0) is 46.9 Å². The number of hydrogen-bond acceptors (Lipinski definition) is 2. The minimum absolute atomic E-state index is 0.204. The summed E-state index contributed by atoms with van der Waals surface area (Å²) in [6.07, 6.45) is 0.886. The number of anilines is 1. The van der Waals surface area contributed by atoms with Gasteiger partial charge in [0.1, 0.15) is 17.3 Å². The van der Waals surface area contributed by atoms with E-state index in [1.807, 2.05) is 47.7 Å². The van der Waals surface area contributed by atoms with Gasteiger partial charge in [-0.3, -0.25) is 0 Å². The highest BCUT2D eigenvalue weighted by atomic mass is 127. The summed E-state index contributed by atoms with van der Waals surface area (Å²) >= 11 is 1.99. The Labute approximate surface area is 113 Å². The molecule has 0 aliphatic rings. The Hall–Kier alpha value is -1.04. The van der Waals surface area contributed by atoms with Crippen LogP contribution in [0.2, 0.25) is 0 Å². The van der Waals surface area contributed by atoms with E-state index in [-0.39, 0.29) is 5.82 Å². The molecule has 2 rings (SSSR count). The van der Waals surface area contributed by atoms with Crippen molar-refractivity contribution < 1.29 is 8.81 Å². The van der Waals surface area contributed by atoms with E-state index in [2.05, 4.69) is 5.32 Å². The first kappa shape index (κ1) is 12.4. The van der Waals surface area contributed by atoms with Gasteiger partial charge in [-0.2, -0.15) is 0 Å². The molecule has 4 heteroatoms. The Kier molecular flexibility index (Phi) is 4.04. The van der Waals surface area contributed by atoms with E-state index >= 15 is 0 Å². The molecule has 0 radical (unpaired) electrons. The van der Waals surface area contributed by atoms with Crippen LogP contribution in [0.15, 0.2) is 34.7 Å². The smallest absolute Gasteiger partial charge is 0.138 e. The van der Waals surface area contributed by atoms with Crippen LogP contribution in [0.25, 0.3) is 0 Å². The predicted molar refractivity (Wildman–Crippen MR) is 74.5 cm³/mol. The van der Waals surface area contributed by atoms with Gasteiger partial charge >= 0.3 is 0 Å². The number of halogens is 2. The number of benzene rings is 1. The van der Waals surface area contributed by atoms with E-state index in [1.165, 1.54) is 6.07 Å². The average molecular weight is 345 g/mol. The molecule has 2 nitrogen and oxygen atoms in total. The average Bonchev–Trinajstić information content (AvgIpc) is 2.79. The van der Waals surface area contributed by atoms with E-state index in [1.54, 1.807) is 6.07 Å². The molecule has 1 aromatic carbocycles. The van der Waals surface area contributed by atoms with Crippen molar-refractivity contribution in [3.8, 4) is 0 Å².